The van der Waals surface area contributed by atoms with Crippen molar-refractivity contribution in [1.82, 2.24) is 20.4 Å². The Kier molecular flexibility index (Phi) is 7.71. The van der Waals surface area contributed by atoms with Gasteiger partial charge in [-0.05, 0) is 63.4 Å². The minimum Gasteiger partial charge on any atom is -0.352 e. The number of nitrogens with zero attached hydrogens (tertiary/aromatic N) is 3. The van der Waals surface area contributed by atoms with Crippen LogP contribution in [0, 0.1) is 0 Å². The molecule has 0 aliphatic carbocycles. The summed E-state index contributed by atoms with van der Waals surface area (Å²) in [5.74, 6) is -0.377. The van der Waals surface area contributed by atoms with Gasteiger partial charge in [0.1, 0.15) is 5.01 Å². The van der Waals surface area contributed by atoms with E-state index in [-0.39, 0.29) is 11.8 Å². The van der Waals surface area contributed by atoms with Crippen LogP contribution < -0.4 is 10.6 Å². The van der Waals surface area contributed by atoms with Crippen molar-refractivity contribution in [1.29, 1.82) is 0 Å². The summed E-state index contributed by atoms with van der Waals surface area (Å²) in [6.07, 6.45) is 5.58. The van der Waals surface area contributed by atoms with Crippen LogP contribution in [0.15, 0.2) is 24.3 Å². The summed E-state index contributed by atoms with van der Waals surface area (Å²) in [7, 11) is 0. The minimum atomic E-state index is -0.286. The van der Waals surface area contributed by atoms with Gasteiger partial charge in [0.2, 0.25) is 5.01 Å². The highest BCUT2D eigenvalue weighted by molar-refractivity contribution is 7.13. The molecule has 1 aliphatic rings. The topological polar surface area (TPSA) is 87.2 Å². The van der Waals surface area contributed by atoms with Gasteiger partial charge < -0.3 is 15.5 Å². The summed E-state index contributed by atoms with van der Waals surface area (Å²) in [5, 5.41) is 14.8. The Hall–Kier alpha value is -2.32. The van der Waals surface area contributed by atoms with Gasteiger partial charge in [-0.15, -0.1) is 10.2 Å². The van der Waals surface area contributed by atoms with Crippen molar-refractivity contribution in [3.63, 3.8) is 0 Å². The number of hydrogen-bond acceptors (Lipinski definition) is 6. The van der Waals surface area contributed by atoms with Gasteiger partial charge in [-0.1, -0.05) is 24.7 Å². The van der Waals surface area contributed by atoms with Crippen molar-refractivity contribution < 1.29 is 9.59 Å². The van der Waals surface area contributed by atoms with Crippen LogP contribution in [-0.2, 0) is 6.42 Å². The molecule has 2 N–H and O–H groups in total. The lowest BCUT2D eigenvalue weighted by molar-refractivity contribution is 0.0948. The van der Waals surface area contributed by atoms with Crippen molar-refractivity contribution >= 4 is 28.8 Å². The number of aromatic nitrogens is 2. The first-order valence-corrected chi connectivity index (χ1v) is 11.1. The molecule has 156 valence electrons. The van der Waals surface area contributed by atoms with E-state index in [0.29, 0.717) is 28.8 Å². The number of anilines is 1. The van der Waals surface area contributed by atoms with Gasteiger partial charge in [-0.25, -0.2) is 0 Å². The first-order chi connectivity index (χ1) is 14.1. The molecule has 1 atom stereocenters. The molecule has 1 saturated heterocycles. The number of piperidine rings is 1. The molecule has 8 heteroatoms. The Morgan fingerprint density at radius 2 is 1.97 bits per heavy atom. The molecule has 0 bridgehead atoms. The van der Waals surface area contributed by atoms with Gasteiger partial charge in [-0.2, -0.15) is 0 Å². The lowest BCUT2D eigenvalue weighted by atomic mass is 10.0. The zero-order chi connectivity index (χ0) is 20.6. The van der Waals surface area contributed by atoms with E-state index in [1.807, 2.05) is 6.92 Å². The van der Waals surface area contributed by atoms with E-state index in [1.54, 1.807) is 24.3 Å². The summed E-state index contributed by atoms with van der Waals surface area (Å²) >= 11 is 1.29. The lowest BCUT2D eigenvalue weighted by Gasteiger charge is -2.33. The van der Waals surface area contributed by atoms with Gasteiger partial charge in [0.25, 0.3) is 11.8 Å². The van der Waals surface area contributed by atoms with Crippen molar-refractivity contribution in [2.24, 2.45) is 0 Å². The van der Waals surface area contributed by atoms with Crippen LogP contribution in [0.5, 0.6) is 0 Å². The molecule has 0 saturated carbocycles. The Balaban J connectivity index is 1.42. The molecule has 2 heterocycles. The van der Waals surface area contributed by atoms with Gasteiger partial charge in [0.15, 0.2) is 0 Å². The molecule has 1 fully saturated rings. The average Bonchev–Trinajstić information content (AvgIpc) is 3.22. The van der Waals surface area contributed by atoms with Gasteiger partial charge in [-0.3, -0.25) is 9.59 Å². The normalized spacial score (nSPS) is 17.1. The Morgan fingerprint density at radius 1 is 1.17 bits per heavy atom. The summed E-state index contributed by atoms with van der Waals surface area (Å²) in [5.41, 5.74) is 1.21. The van der Waals surface area contributed by atoms with Crippen LogP contribution in [0.3, 0.4) is 0 Å². The van der Waals surface area contributed by atoms with E-state index in [2.05, 4.69) is 32.7 Å². The molecular weight excluding hydrogens is 386 g/mol. The SMILES string of the molecule is CCc1nnc(C(=O)Nc2ccc(C(=O)NCCCN3CCCCC3C)cc2)s1. The number of hydrogen-bond donors (Lipinski definition) is 2. The molecule has 3 rings (SSSR count). The molecule has 0 radical (unpaired) electrons. The van der Waals surface area contributed by atoms with Crippen LogP contribution in [0.4, 0.5) is 5.69 Å². The van der Waals surface area contributed by atoms with Crippen molar-refractivity contribution in [2.45, 2.75) is 52.0 Å². The van der Waals surface area contributed by atoms with Gasteiger partial charge in [0.05, 0.1) is 0 Å². The highest BCUT2D eigenvalue weighted by Gasteiger charge is 2.17. The van der Waals surface area contributed by atoms with E-state index in [4.69, 9.17) is 0 Å². The minimum absolute atomic E-state index is 0.0914. The quantitative estimate of drug-likeness (QED) is 0.646. The van der Waals surface area contributed by atoms with Crippen LogP contribution in [0.25, 0.3) is 0 Å². The maximum Gasteiger partial charge on any atom is 0.286 e. The van der Waals surface area contributed by atoms with E-state index in [1.165, 1.54) is 37.1 Å². The van der Waals surface area contributed by atoms with Crippen molar-refractivity contribution in [3.05, 3.63) is 39.8 Å². The lowest BCUT2D eigenvalue weighted by Crippen LogP contribution is -2.39. The van der Waals surface area contributed by atoms with E-state index in [9.17, 15) is 9.59 Å². The Morgan fingerprint density at radius 3 is 2.66 bits per heavy atom. The zero-order valence-corrected chi connectivity index (χ0v) is 17.9. The number of aryl methyl sites for hydroxylation is 1. The third kappa shape index (κ3) is 6.08. The van der Waals surface area contributed by atoms with E-state index < -0.39 is 0 Å². The third-order valence-corrected chi connectivity index (χ3v) is 6.28. The predicted molar refractivity (Wildman–Crippen MR) is 116 cm³/mol. The number of amides is 2. The van der Waals surface area contributed by atoms with Crippen LogP contribution >= 0.6 is 11.3 Å². The molecule has 1 aromatic heterocycles. The van der Waals surface area contributed by atoms with Gasteiger partial charge >= 0.3 is 0 Å². The second-order valence-electron chi connectivity index (χ2n) is 7.38. The second kappa shape index (κ2) is 10.5. The highest BCUT2D eigenvalue weighted by atomic mass is 32.1. The predicted octanol–water partition coefficient (Wildman–Crippen LogP) is 3.35. The van der Waals surface area contributed by atoms with Crippen molar-refractivity contribution in [3.8, 4) is 0 Å². The first kappa shape index (κ1) is 21.4. The van der Waals surface area contributed by atoms with Gasteiger partial charge in [0, 0.05) is 30.4 Å². The van der Waals surface area contributed by atoms with Crippen molar-refractivity contribution in [2.75, 3.05) is 25.0 Å². The smallest absolute Gasteiger partial charge is 0.286 e. The summed E-state index contributed by atoms with van der Waals surface area (Å²) in [4.78, 5) is 27.0. The molecular formula is C21H29N5O2S. The second-order valence-corrected chi connectivity index (χ2v) is 8.44. The maximum absolute atomic E-state index is 12.3. The Bertz CT molecular complexity index is 821. The zero-order valence-electron chi connectivity index (χ0n) is 17.1. The molecule has 1 unspecified atom stereocenters. The maximum atomic E-state index is 12.3. The largest absolute Gasteiger partial charge is 0.352 e. The van der Waals surface area contributed by atoms with E-state index in [0.717, 1.165) is 24.4 Å². The third-order valence-electron chi connectivity index (χ3n) is 5.22. The molecule has 2 amide bonds. The molecule has 29 heavy (non-hydrogen) atoms. The highest BCUT2D eigenvalue weighted by Crippen LogP contribution is 2.16. The molecule has 7 nitrogen and oxygen atoms in total. The molecule has 0 spiro atoms. The van der Waals surface area contributed by atoms with Crippen LogP contribution in [0.1, 0.15) is 64.7 Å². The molecule has 1 aromatic carbocycles. The number of likely N-dealkylation sites (tertiary alicyclic amines) is 1. The number of carbonyl (C=O) groups is 2. The molecule has 2 aromatic rings. The number of benzene rings is 1. The fraction of sp³-hybridized carbons (Fsp3) is 0.524. The number of nitrogens with one attached hydrogen (secondary N) is 2. The Labute approximate surface area is 175 Å². The molecule has 1 aliphatic heterocycles. The van der Waals surface area contributed by atoms with Crippen LogP contribution in [-0.4, -0.2) is 52.6 Å². The fourth-order valence-electron chi connectivity index (χ4n) is 3.45. The van der Waals surface area contributed by atoms with E-state index >= 15 is 0 Å². The average molecular weight is 416 g/mol. The summed E-state index contributed by atoms with van der Waals surface area (Å²) in [6, 6.07) is 7.54. The summed E-state index contributed by atoms with van der Waals surface area (Å²) in [6.45, 7) is 7.11. The standard InChI is InChI=1S/C21H29N5O2S/c1-3-18-24-25-21(29-18)20(28)23-17-10-8-16(9-11-17)19(27)22-12-6-14-26-13-5-4-7-15(26)2/h8-11,15H,3-7,12-14H2,1-2H3,(H,22,27)(H,23,28). The number of carbonyl (C=O) groups excluding carboxylic acids is 2. The van der Waals surface area contributed by atoms with Crippen LogP contribution in [0.2, 0.25) is 0 Å². The first-order valence-electron chi connectivity index (χ1n) is 10.3. The fourth-order valence-corrected chi connectivity index (χ4v) is 4.13. The summed E-state index contributed by atoms with van der Waals surface area (Å²) < 4.78 is 0. The number of rotatable bonds is 8. The monoisotopic (exact) mass is 415 g/mol.